The predicted molar refractivity (Wildman–Crippen MR) is 78.5 cm³/mol. The summed E-state index contributed by atoms with van der Waals surface area (Å²) in [5.41, 5.74) is 6.49. The van der Waals surface area contributed by atoms with Crippen molar-refractivity contribution in [1.82, 2.24) is 5.32 Å². The number of hydrogen-bond donors (Lipinski definition) is 2. The Morgan fingerprint density at radius 3 is 2.80 bits per heavy atom. The molecule has 0 aliphatic carbocycles. The van der Waals surface area contributed by atoms with Gasteiger partial charge in [-0.2, -0.15) is 0 Å². The van der Waals surface area contributed by atoms with Crippen LogP contribution in [0.25, 0.3) is 0 Å². The number of nitrogens with two attached hydrogens (primary N) is 1. The van der Waals surface area contributed by atoms with Gasteiger partial charge in [-0.05, 0) is 12.0 Å². The summed E-state index contributed by atoms with van der Waals surface area (Å²) in [6.07, 6.45) is 0. The highest BCUT2D eigenvalue weighted by atomic mass is 16.5. The molecular weight excluding hydrogens is 256 g/mol. The van der Waals surface area contributed by atoms with Crippen LogP contribution in [0.4, 0.5) is 0 Å². The summed E-state index contributed by atoms with van der Waals surface area (Å²) in [7, 11) is 0. The van der Waals surface area contributed by atoms with Crippen LogP contribution >= 0.6 is 0 Å². The lowest BCUT2D eigenvalue weighted by molar-refractivity contribution is -0.123. The molecule has 5 heteroatoms. The van der Waals surface area contributed by atoms with Crippen molar-refractivity contribution in [2.75, 3.05) is 26.4 Å². The molecule has 0 fully saturated rings. The molecule has 1 amide bonds. The van der Waals surface area contributed by atoms with Crippen molar-refractivity contribution < 1.29 is 14.3 Å². The van der Waals surface area contributed by atoms with E-state index >= 15 is 0 Å². The molecule has 0 atom stereocenters. The molecule has 0 unspecified atom stereocenters. The number of para-hydroxylation sites is 1. The molecule has 112 valence electrons. The maximum absolute atomic E-state index is 11.6. The van der Waals surface area contributed by atoms with Gasteiger partial charge in [-0.15, -0.1) is 0 Å². The standard InChI is InChI=1S/C15H24N2O3/c1-12(2)10-19-8-7-17-15(18)11-20-14-6-4-3-5-13(14)9-16/h3-6,12H,7-11,16H2,1-2H3,(H,17,18). The first-order chi connectivity index (χ1) is 9.63. The van der Waals surface area contributed by atoms with Crippen molar-refractivity contribution in [1.29, 1.82) is 0 Å². The summed E-state index contributed by atoms with van der Waals surface area (Å²) >= 11 is 0. The van der Waals surface area contributed by atoms with Gasteiger partial charge in [-0.25, -0.2) is 0 Å². The van der Waals surface area contributed by atoms with E-state index in [-0.39, 0.29) is 12.5 Å². The van der Waals surface area contributed by atoms with E-state index < -0.39 is 0 Å². The van der Waals surface area contributed by atoms with Gasteiger partial charge in [-0.1, -0.05) is 32.0 Å². The van der Waals surface area contributed by atoms with E-state index in [9.17, 15) is 4.79 Å². The monoisotopic (exact) mass is 280 g/mol. The van der Waals surface area contributed by atoms with Gasteiger partial charge >= 0.3 is 0 Å². The Morgan fingerprint density at radius 1 is 1.35 bits per heavy atom. The lowest BCUT2D eigenvalue weighted by atomic mass is 10.2. The molecule has 5 nitrogen and oxygen atoms in total. The zero-order valence-electron chi connectivity index (χ0n) is 12.2. The maximum Gasteiger partial charge on any atom is 0.258 e. The van der Waals surface area contributed by atoms with Crippen LogP contribution in [-0.4, -0.2) is 32.3 Å². The van der Waals surface area contributed by atoms with Crippen molar-refractivity contribution in [2.45, 2.75) is 20.4 Å². The summed E-state index contributed by atoms with van der Waals surface area (Å²) in [4.78, 5) is 11.6. The fourth-order valence-electron chi connectivity index (χ4n) is 1.59. The molecule has 0 radical (unpaired) electrons. The van der Waals surface area contributed by atoms with Crippen LogP contribution in [0.2, 0.25) is 0 Å². The Morgan fingerprint density at radius 2 is 2.10 bits per heavy atom. The second-order valence-corrected chi connectivity index (χ2v) is 4.92. The molecule has 1 rings (SSSR count). The third kappa shape index (κ3) is 6.54. The fraction of sp³-hybridized carbons (Fsp3) is 0.533. The lowest BCUT2D eigenvalue weighted by Crippen LogP contribution is -2.32. The average Bonchev–Trinajstić information content (AvgIpc) is 2.44. The van der Waals surface area contributed by atoms with Gasteiger partial charge in [0.15, 0.2) is 6.61 Å². The summed E-state index contributed by atoms with van der Waals surface area (Å²) < 4.78 is 10.8. The molecule has 0 aliphatic heterocycles. The third-order valence-corrected chi connectivity index (χ3v) is 2.57. The minimum absolute atomic E-state index is 0.0127. The normalized spacial score (nSPS) is 10.6. The second kappa shape index (κ2) is 9.34. The van der Waals surface area contributed by atoms with Crippen LogP contribution in [0.5, 0.6) is 5.75 Å². The molecule has 0 heterocycles. The number of rotatable bonds is 9. The molecule has 0 saturated carbocycles. The Balaban J connectivity index is 2.19. The van der Waals surface area contributed by atoms with Crippen LogP contribution in [0.15, 0.2) is 24.3 Å². The zero-order chi connectivity index (χ0) is 14.8. The lowest BCUT2D eigenvalue weighted by Gasteiger charge is -2.11. The van der Waals surface area contributed by atoms with E-state index in [2.05, 4.69) is 19.2 Å². The Hall–Kier alpha value is -1.59. The Bertz CT molecular complexity index is 408. The SMILES string of the molecule is CC(C)COCCNC(=O)COc1ccccc1CN. The van der Waals surface area contributed by atoms with Gasteiger partial charge in [-0.3, -0.25) is 4.79 Å². The number of ether oxygens (including phenoxy) is 2. The fourth-order valence-corrected chi connectivity index (χ4v) is 1.59. The highest BCUT2D eigenvalue weighted by Crippen LogP contribution is 2.16. The van der Waals surface area contributed by atoms with Crippen molar-refractivity contribution in [3.05, 3.63) is 29.8 Å². The average molecular weight is 280 g/mol. The Kier molecular flexibility index (Phi) is 7.69. The van der Waals surface area contributed by atoms with E-state index in [0.717, 1.165) is 5.56 Å². The quantitative estimate of drug-likeness (QED) is 0.669. The first-order valence-electron chi connectivity index (χ1n) is 6.88. The van der Waals surface area contributed by atoms with Crippen LogP contribution in [-0.2, 0) is 16.1 Å². The smallest absolute Gasteiger partial charge is 0.258 e. The zero-order valence-corrected chi connectivity index (χ0v) is 12.2. The molecule has 0 aromatic heterocycles. The van der Waals surface area contributed by atoms with Crippen LogP contribution in [0.1, 0.15) is 19.4 Å². The predicted octanol–water partition coefficient (Wildman–Crippen LogP) is 1.31. The third-order valence-electron chi connectivity index (χ3n) is 2.57. The van der Waals surface area contributed by atoms with Crippen molar-refractivity contribution in [3.8, 4) is 5.75 Å². The van der Waals surface area contributed by atoms with Gasteiger partial charge in [0.05, 0.1) is 6.61 Å². The number of amides is 1. The minimum atomic E-state index is -0.162. The van der Waals surface area contributed by atoms with Crippen LogP contribution in [0.3, 0.4) is 0 Å². The van der Waals surface area contributed by atoms with E-state index in [4.69, 9.17) is 15.2 Å². The number of nitrogens with one attached hydrogen (secondary N) is 1. The summed E-state index contributed by atoms with van der Waals surface area (Å²) in [6, 6.07) is 7.43. The molecule has 0 aliphatic rings. The van der Waals surface area contributed by atoms with Crippen molar-refractivity contribution in [2.24, 2.45) is 11.7 Å². The van der Waals surface area contributed by atoms with Gasteiger partial charge in [0.25, 0.3) is 5.91 Å². The van der Waals surface area contributed by atoms with E-state index in [1.807, 2.05) is 18.2 Å². The summed E-state index contributed by atoms with van der Waals surface area (Å²) in [6.45, 7) is 6.26. The van der Waals surface area contributed by atoms with Crippen molar-refractivity contribution in [3.63, 3.8) is 0 Å². The molecule has 3 N–H and O–H groups in total. The van der Waals surface area contributed by atoms with E-state index in [1.165, 1.54) is 0 Å². The van der Waals surface area contributed by atoms with Crippen molar-refractivity contribution >= 4 is 5.91 Å². The summed E-state index contributed by atoms with van der Waals surface area (Å²) in [5.74, 6) is 0.993. The molecule has 1 aromatic rings. The molecule has 0 saturated heterocycles. The highest BCUT2D eigenvalue weighted by Gasteiger charge is 2.05. The Labute approximate surface area is 120 Å². The molecule has 20 heavy (non-hydrogen) atoms. The number of carbonyl (C=O) groups is 1. The first kappa shape index (κ1) is 16.5. The van der Waals surface area contributed by atoms with Gasteiger partial charge in [0.1, 0.15) is 5.75 Å². The van der Waals surface area contributed by atoms with E-state index in [1.54, 1.807) is 6.07 Å². The first-order valence-corrected chi connectivity index (χ1v) is 6.88. The van der Waals surface area contributed by atoms with Gasteiger partial charge in [0, 0.05) is 25.3 Å². The van der Waals surface area contributed by atoms with Crippen LogP contribution < -0.4 is 15.8 Å². The van der Waals surface area contributed by atoms with Crippen LogP contribution in [0, 0.1) is 5.92 Å². The largest absolute Gasteiger partial charge is 0.483 e. The summed E-state index contributed by atoms with van der Waals surface area (Å²) in [5, 5.41) is 2.74. The number of carbonyl (C=O) groups excluding carboxylic acids is 1. The van der Waals surface area contributed by atoms with Gasteiger partial charge < -0.3 is 20.5 Å². The topological polar surface area (TPSA) is 73.6 Å². The second-order valence-electron chi connectivity index (χ2n) is 4.92. The molecular formula is C15H24N2O3. The van der Waals surface area contributed by atoms with E-state index in [0.29, 0.717) is 38.0 Å². The van der Waals surface area contributed by atoms with Gasteiger partial charge in [0.2, 0.25) is 0 Å². The number of hydrogen-bond acceptors (Lipinski definition) is 4. The number of benzene rings is 1. The maximum atomic E-state index is 11.6. The minimum Gasteiger partial charge on any atom is -0.483 e. The molecule has 0 bridgehead atoms. The molecule has 0 spiro atoms. The highest BCUT2D eigenvalue weighted by molar-refractivity contribution is 5.77. The molecule has 1 aromatic carbocycles.